The maximum Gasteiger partial charge on any atom is 0.235 e. The first-order valence-electron chi connectivity index (χ1n) is 11.5. The fourth-order valence-corrected chi connectivity index (χ4v) is 7.35. The summed E-state index contributed by atoms with van der Waals surface area (Å²) in [6.45, 7) is 5.93. The molecule has 34 heavy (non-hydrogen) atoms. The number of carboxylic acid groups (broad SMARTS) is 1. The van der Waals surface area contributed by atoms with E-state index in [1.54, 1.807) is 18.7 Å². The van der Waals surface area contributed by atoms with Gasteiger partial charge in [0.15, 0.2) is 0 Å². The summed E-state index contributed by atoms with van der Waals surface area (Å²) in [4.78, 5) is 26.4. The molecule has 3 aliphatic rings. The van der Waals surface area contributed by atoms with Crippen LogP contribution in [0, 0.1) is 11.8 Å². The van der Waals surface area contributed by atoms with Crippen LogP contribution in [-0.4, -0.2) is 110 Å². The Labute approximate surface area is 207 Å². The van der Waals surface area contributed by atoms with Crippen LogP contribution in [0.3, 0.4) is 0 Å². The van der Waals surface area contributed by atoms with Gasteiger partial charge in [-0.3, -0.25) is 4.79 Å². The van der Waals surface area contributed by atoms with Gasteiger partial charge in [-0.25, -0.2) is 4.68 Å². The number of hydrogen-bond acceptors (Lipinski definition) is 10. The highest BCUT2D eigenvalue weighted by atomic mass is 32.2. The lowest BCUT2D eigenvalue weighted by Gasteiger charge is -2.47. The monoisotopic (exact) mass is 511 g/mol. The van der Waals surface area contributed by atoms with Gasteiger partial charge in [0.05, 0.1) is 64.0 Å². The number of aliphatic hydroxyl groups excluding tert-OH is 1. The molecular weight excluding hydrogens is 478 g/mol. The Morgan fingerprint density at radius 1 is 1.38 bits per heavy atom. The van der Waals surface area contributed by atoms with Crippen molar-refractivity contribution in [1.82, 2.24) is 30.4 Å². The van der Waals surface area contributed by atoms with Crippen molar-refractivity contribution in [2.24, 2.45) is 11.8 Å². The minimum atomic E-state index is -1.33. The second-order valence-corrected chi connectivity index (χ2v) is 12.7. The van der Waals surface area contributed by atoms with Crippen LogP contribution >= 0.6 is 23.5 Å². The average molecular weight is 512 g/mol. The van der Waals surface area contributed by atoms with Crippen LogP contribution < -0.4 is 10.4 Å². The highest BCUT2D eigenvalue weighted by Crippen LogP contribution is 2.51. The van der Waals surface area contributed by atoms with Crippen LogP contribution in [0.5, 0.6) is 0 Å². The number of carboxylic acids is 1. The van der Waals surface area contributed by atoms with Crippen molar-refractivity contribution < 1.29 is 24.3 Å². The van der Waals surface area contributed by atoms with E-state index in [4.69, 9.17) is 0 Å². The number of carbonyl (C=O) groups is 2. The molecule has 4 heterocycles. The van der Waals surface area contributed by atoms with E-state index in [0.717, 1.165) is 41.4 Å². The highest BCUT2D eigenvalue weighted by Gasteiger charge is 2.58. The number of nitrogens with one attached hydrogen (secondary N) is 1. The van der Waals surface area contributed by atoms with E-state index in [1.807, 2.05) is 11.6 Å². The van der Waals surface area contributed by atoms with Crippen molar-refractivity contribution >= 4 is 35.4 Å². The summed E-state index contributed by atoms with van der Waals surface area (Å²) in [7, 11) is 6.40. The number of β-lactam (4-membered cyclic amide) rings is 1. The van der Waals surface area contributed by atoms with Crippen LogP contribution in [-0.2, 0) is 16.1 Å². The van der Waals surface area contributed by atoms with Gasteiger partial charge < -0.3 is 29.7 Å². The number of fused-ring (bicyclic) bond motifs is 1. The number of thioether (sulfide) groups is 2. The third-order valence-corrected chi connectivity index (χ3v) is 9.30. The van der Waals surface area contributed by atoms with E-state index in [2.05, 4.69) is 42.0 Å². The van der Waals surface area contributed by atoms with Gasteiger partial charge in [-0.2, -0.15) is 0 Å². The van der Waals surface area contributed by atoms with E-state index >= 15 is 0 Å². The molecule has 188 valence electrons. The molecule has 2 saturated heterocycles. The summed E-state index contributed by atoms with van der Waals surface area (Å²) in [5.74, 6) is -1.55. The minimum Gasteiger partial charge on any atom is -0.543 e. The standard InChI is InChI=1S/C21H33N7O4S2/c1-11-16-15(12(2)29)19(30)27(16)17(20(31)32)18(11)34-14-8-13(22-9-14)10-33-21-23-24-25-26(21)6-7-28(3,4)5/h11-16,22,29H,6-10H2,1-5H3/t11-,12-,13+,14+,15-,16-/m1/s1. The zero-order chi connectivity index (χ0) is 24.8. The van der Waals surface area contributed by atoms with Crippen LogP contribution in [0.15, 0.2) is 15.8 Å². The lowest BCUT2D eigenvalue weighted by atomic mass is 9.79. The highest BCUT2D eigenvalue weighted by molar-refractivity contribution is 8.03. The van der Waals surface area contributed by atoms with Gasteiger partial charge in [0, 0.05) is 34.4 Å². The Bertz CT molecular complexity index is 977. The Morgan fingerprint density at radius 3 is 2.76 bits per heavy atom. The molecule has 1 aromatic rings. The number of nitrogens with zero attached hydrogens (tertiary/aromatic N) is 6. The van der Waals surface area contributed by atoms with E-state index in [-0.39, 0.29) is 34.9 Å². The topological polar surface area (TPSA) is 136 Å². The molecule has 0 aromatic carbocycles. The van der Waals surface area contributed by atoms with Crippen molar-refractivity contribution in [3.8, 4) is 0 Å². The quantitative estimate of drug-likeness (QED) is 0.223. The Kier molecular flexibility index (Phi) is 7.30. The number of aromatic nitrogens is 4. The number of likely N-dealkylation sites (N-methyl/N-ethyl adjacent to an activating group) is 1. The summed E-state index contributed by atoms with van der Waals surface area (Å²) in [6, 6.07) is -0.0622. The number of hydrogen-bond donors (Lipinski definition) is 2. The molecule has 6 atom stereocenters. The molecule has 2 N–H and O–H groups in total. The first-order valence-corrected chi connectivity index (χ1v) is 13.4. The van der Waals surface area contributed by atoms with Crippen molar-refractivity contribution in [1.29, 1.82) is 0 Å². The van der Waals surface area contributed by atoms with Crippen molar-refractivity contribution in [2.45, 2.75) is 55.4 Å². The number of aliphatic hydroxyl groups is 1. The third-order valence-electron chi connectivity index (χ3n) is 6.67. The van der Waals surface area contributed by atoms with Crippen LogP contribution in [0.2, 0.25) is 0 Å². The number of amides is 1. The van der Waals surface area contributed by atoms with E-state index < -0.39 is 18.0 Å². The average Bonchev–Trinajstić information content (AvgIpc) is 3.43. The van der Waals surface area contributed by atoms with Gasteiger partial charge in [-0.15, -0.1) is 16.9 Å². The van der Waals surface area contributed by atoms with Crippen LogP contribution in [0.1, 0.15) is 20.3 Å². The van der Waals surface area contributed by atoms with Crippen molar-refractivity contribution in [3.05, 3.63) is 10.6 Å². The zero-order valence-electron chi connectivity index (χ0n) is 20.2. The first-order chi connectivity index (χ1) is 16.0. The predicted octanol–water partition coefficient (Wildman–Crippen LogP) is -1.25. The molecule has 1 aromatic heterocycles. The maximum atomic E-state index is 12.5. The summed E-state index contributed by atoms with van der Waals surface area (Å²) < 4.78 is 2.67. The largest absolute Gasteiger partial charge is 0.543 e. The molecule has 0 unspecified atom stereocenters. The predicted molar refractivity (Wildman–Crippen MR) is 126 cm³/mol. The number of quaternary nitrogens is 1. The molecular formula is C21H33N7O4S2. The molecule has 11 nitrogen and oxygen atoms in total. The van der Waals surface area contributed by atoms with Gasteiger partial charge in [-0.1, -0.05) is 18.7 Å². The molecule has 0 aliphatic carbocycles. The number of rotatable bonds is 10. The van der Waals surface area contributed by atoms with E-state index in [1.165, 1.54) is 16.7 Å². The molecule has 4 rings (SSSR count). The minimum absolute atomic E-state index is 0.0151. The zero-order valence-corrected chi connectivity index (χ0v) is 21.8. The SMILES string of the molecule is C[C@@H](O)[C@H]1C(=O)N2C(C(=O)[O-])=C(S[C@@H]3CN[C@H](CSc4nnnn4CC[N+](C)(C)C)C3)[C@H](C)[C@H]12. The normalized spacial score (nSPS) is 30.0. The van der Waals surface area contributed by atoms with Crippen molar-refractivity contribution in [2.75, 3.05) is 40.0 Å². The van der Waals surface area contributed by atoms with Crippen LogP contribution in [0.25, 0.3) is 0 Å². The fraction of sp³-hybridized carbons (Fsp3) is 0.762. The molecule has 0 spiro atoms. The van der Waals surface area contributed by atoms with Gasteiger partial charge in [0.25, 0.3) is 0 Å². The Balaban J connectivity index is 1.35. The molecule has 0 bridgehead atoms. The van der Waals surface area contributed by atoms with Gasteiger partial charge in [-0.05, 0) is 23.8 Å². The number of tetrazole rings is 1. The number of aliphatic carboxylic acids is 1. The first kappa shape index (κ1) is 25.4. The van der Waals surface area contributed by atoms with Gasteiger partial charge in [0.1, 0.15) is 0 Å². The van der Waals surface area contributed by atoms with E-state index in [9.17, 15) is 19.8 Å². The summed E-state index contributed by atoms with van der Waals surface area (Å²) >= 11 is 3.15. The summed E-state index contributed by atoms with van der Waals surface area (Å²) in [6.07, 6.45) is 0.0598. The second-order valence-electron chi connectivity index (χ2n) is 10.3. The third kappa shape index (κ3) is 4.99. The van der Waals surface area contributed by atoms with Crippen LogP contribution in [0.4, 0.5) is 0 Å². The smallest absolute Gasteiger partial charge is 0.235 e. The lowest BCUT2D eigenvalue weighted by molar-refractivity contribution is -0.871. The van der Waals surface area contributed by atoms with Gasteiger partial charge >= 0.3 is 0 Å². The van der Waals surface area contributed by atoms with Gasteiger partial charge in [0.2, 0.25) is 11.1 Å². The fourth-order valence-electron chi connectivity index (χ4n) is 4.86. The van der Waals surface area contributed by atoms with E-state index in [0.29, 0.717) is 4.91 Å². The molecule has 13 heteroatoms. The molecule has 1 amide bonds. The molecule has 3 aliphatic heterocycles. The molecule has 0 saturated carbocycles. The Morgan fingerprint density at radius 2 is 2.12 bits per heavy atom. The molecule has 0 radical (unpaired) electrons. The molecule has 2 fully saturated rings. The van der Waals surface area contributed by atoms with Crippen molar-refractivity contribution in [3.63, 3.8) is 0 Å². The summed E-state index contributed by atoms with van der Waals surface area (Å²) in [5, 5.41) is 38.5. The second kappa shape index (κ2) is 9.76. The maximum absolute atomic E-state index is 12.5. The Hall–Kier alpha value is -1.67. The lowest BCUT2D eigenvalue weighted by Crippen LogP contribution is -2.64. The number of carbonyl (C=O) groups excluding carboxylic acids is 2. The summed E-state index contributed by atoms with van der Waals surface area (Å²) in [5.41, 5.74) is -0.0151.